The van der Waals surface area contributed by atoms with Gasteiger partial charge in [-0.2, -0.15) is 0 Å². The number of benzene rings is 1. The van der Waals surface area contributed by atoms with Gasteiger partial charge in [-0.15, -0.1) is 0 Å². The molecule has 4 nitrogen and oxygen atoms in total. The molecule has 1 fully saturated rings. The fourth-order valence-corrected chi connectivity index (χ4v) is 2.86. The minimum atomic E-state index is -0.0340. The minimum Gasteiger partial charge on any atom is -0.325 e. The lowest BCUT2D eigenvalue weighted by Crippen LogP contribution is -2.40. The van der Waals surface area contributed by atoms with E-state index in [1.54, 1.807) is 12.1 Å². The minimum absolute atomic E-state index is 0.0340. The van der Waals surface area contributed by atoms with E-state index in [0.717, 1.165) is 18.8 Å². The van der Waals surface area contributed by atoms with Crippen LogP contribution in [0.3, 0.4) is 0 Å². The molecule has 0 radical (unpaired) electrons. The number of likely N-dealkylation sites (tertiary alicyclic amines) is 1. The summed E-state index contributed by atoms with van der Waals surface area (Å²) in [5, 5.41) is 6.70. The Morgan fingerprint density at radius 3 is 3.10 bits per heavy atom. The van der Waals surface area contributed by atoms with Gasteiger partial charge in [-0.3, -0.25) is 9.69 Å². The summed E-state index contributed by atoms with van der Waals surface area (Å²) in [4.78, 5) is 14.3. The third-order valence-electron chi connectivity index (χ3n) is 3.68. The summed E-state index contributed by atoms with van der Waals surface area (Å²) in [6, 6.07) is 7.76. The summed E-state index contributed by atoms with van der Waals surface area (Å²) in [5.74, 6) is -0.0340. The molecule has 1 unspecified atom stereocenters. The molecule has 2 rings (SSSR count). The molecule has 5 heteroatoms. The first-order chi connectivity index (χ1) is 9.69. The Balaban J connectivity index is 1.70. The van der Waals surface area contributed by atoms with Gasteiger partial charge in [0.05, 0.1) is 6.54 Å². The number of halogens is 1. The number of carbonyl (C=O) groups excluding carboxylic acids is 1. The van der Waals surface area contributed by atoms with Crippen molar-refractivity contribution >= 4 is 23.2 Å². The molecule has 1 heterocycles. The van der Waals surface area contributed by atoms with Crippen LogP contribution in [0.4, 0.5) is 5.69 Å². The Bertz CT molecular complexity index is 452. The van der Waals surface area contributed by atoms with Crippen molar-refractivity contribution in [2.75, 3.05) is 31.5 Å². The molecule has 1 atom stereocenters. The molecule has 0 aromatic heterocycles. The number of hydrogen-bond acceptors (Lipinski definition) is 3. The molecule has 0 bridgehead atoms. The van der Waals surface area contributed by atoms with E-state index in [4.69, 9.17) is 11.6 Å². The lowest BCUT2D eigenvalue weighted by Gasteiger charge is -2.22. The predicted octanol–water partition coefficient (Wildman–Crippen LogP) is 2.35. The second kappa shape index (κ2) is 7.62. The molecule has 1 aromatic carbocycles. The van der Waals surface area contributed by atoms with Crippen molar-refractivity contribution in [2.24, 2.45) is 0 Å². The molecule has 0 saturated carbocycles. The van der Waals surface area contributed by atoms with Crippen LogP contribution in [0.5, 0.6) is 0 Å². The van der Waals surface area contributed by atoms with Crippen LogP contribution in [0.15, 0.2) is 24.3 Å². The highest BCUT2D eigenvalue weighted by Gasteiger charge is 2.22. The smallest absolute Gasteiger partial charge is 0.238 e. The van der Waals surface area contributed by atoms with Gasteiger partial charge in [0.15, 0.2) is 0 Å². The Kier molecular flexibility index (Phi) is 5.83. The molecule has 1 aromatic rings. The van der Waals surface area contributed by atoms with Crippen LogP contribution in [-0.2, 0) is 4.79 Å². The van der Waals surface area contributed by atoms with Crippen LogP contribution in [0.2, 0.25) is 5.02 Å². The molecule has 1 aliphatic rings. The summed E-state index contributed by atoms with van der Waals surface area (Å²) >= 11 is 5.88. The zero-order valence-corrected chi connectivity index (χ0v) is 12.6. The normalized spacial score (nSPS) is 19.2. The fraction of sp³-hybridized carbons (Fsp3) is 0.533. The highest BCUT2D eigenvalue weighted by Crippen LogP contribution is 2.16. The number of rotatable bonds is 6. The lowest BCUT2D eigenvalue weighted by molar-refractivity contribution is -0.115. The summed E-state index contributed by atoms with van der Waals surface area (Å²) in [6.45, 7) is 5.65. The average molecular weight is 296 g/mol. The Morgan fingerprint density at radius 1 is 1.50 bits per heavy atom. The van der Waals surface area contributed by atoms with Gasteiger partial charge in [-0.25, -0.2) is 0 Å². The SMILES string of the molecule is CCN1CCCC1CNCC(=O)Nc1cccc(Cl)c1. The third-order valence-corrected chi connectivity index (χ3v) is 3.91. The van der Waals surface area contributed by atoms with E-state index in [1.807, 2.05) is 12.1 Å². The van der Waals surface area contributed by atoms with Gasteiger partial charge in [-0.05, 0) is 44.1 Å². The first kappa shape index (κ1) is 15.3. The number of hydrogen-bond donors (Lipinski definition) is 2. The fourth-order valence-electron chi connectivity index (χ4n) is 2.67. The highest BCUT2D eigenvalue weighted by atomic mass is 35.5. The maximum atomic E-state index is 11.8. The number of likely N-dealkylation sites (N-methyl/N-ethyl adjacent to an activating group) is 1. The van der Waals surface area contributed by atoms with E-state index in [9.17, 15) is 4.79 Å². The van der Waals surface area contributed by atoms with E-state index >= 15 is 0 Å². The van der Waals surface area contributed by atoms with Gasteiger partial charge in [0, 0.05) is 23.3 Å². The number of carbonyl (C=O) groups is 1. The molecule has 110 valence electrons. The Morgan fingerprint density at radius 2 is 2.35 bits per heavy atom. The van der Waals surface area contributed by atoms with Gasteiger partial charge in [0.25, 0.3) is 0 Å². The van der Waals surface area contributed by atoms with Crippen LogP contribution in [-0.4, -0.2) is 43.0 Å². The molecule has 1 aliphatic heterocycles. The van der Waals surface area contributed by atoms with E-state index in [1.165, 1.54) is 19.4 Å². The standard InChI is InChI=1S/C15H22ClN3O/c1-2-19-8-4-7-14(19)10-17-11-15(20)18-13-6-3-5-12(16)9-13/h3,5-6,9,14,17H,2,4,7-8,10-11H2,1H3,(H,18,20). The van der Waals surface area contributed by atoms with Gasteiger partial charge >= 0.3 is 0 Å². The van der Waals surface area contributed by atoms with E-state index in [-0.39, 0.29) is 5.91 Å². The summed E-state index contributed by atoms with van der Waals surface area (Å²) in [6.07, 6.45) is 2.48. The Hall–Kier alpha value is -1.10. The van der Waals surface area contributed by atoms with Crippen molar-refractivity contribution in [3.05, 3.63) is 29.3 Å². The molecule has 2 N–H and O–H groups in total. The first-order valence-corrected chi connectivity index (χ1v) is 7.57. The number of nitrogens with one attached hydrogen (secondary N) is 2. The summed E-state index contributed by atoms with van der Waals surface area (Å²) in [7, 11) is 0. The van der Waals surface area contributed by atoms with Crippen molar-refractivity contribution in [1.82, 2.24) is 10.2 Å². The van der Waals surface area contributed by atoms with Crippen LogP contribution >= 0.6 is 11.6 Å². The number of anilines is 1. The molecule has 20 heavy (non-hydrogen) atoms. The second-order valence-corrected chi connectivity index (χ2v) is 5.55. The van der Waals surface area contributed by atoms with Crippen LogP contribution in [0.1, 0.15) is 19.8 Å². The molecule has 1 saturated heterocycles. The monoisotopic (exact) mass is 295 g/mol. The lowest BCUT2D eigenvalue weighted by atomic mass is 10.2. The zero-order chi connectivity index (χ0) is 14.4. The Labute approximate surface area is 125 Å². The van der Waals surface area contributed by atoms with Crippen molar-refractivity contribution in [3.8, 4) is 0 Å². The van der Waals surface area contributed by atoms with E-state index in [2.05, 4.69) is 22.5 Å². The highest BCUT2D eigenvalue weighted by molar-refractivity contribution is 6.30. The molecule has 0 aliphatic carbocycles. The van der Waals surface area contributed by atoms with Crippen molar-refractivity contribution in [1.29, 1.82) is 0 Å². The van der Waals surface area contributed by atoms with Crippen LogP contribution in [0.25, 0.3) is 0 Å². The van der Waals surface area contributed by atoms with E-state index < -0.39 is 0 Å². The van der Waals surface area contributed by atoms with Gasteiger partial charge < -0.3 is 10.6 Å². The molecular weight excluding hydrogens is 274 g/mol. The van der Waals surface area contributed by atoms with Crippen molar-refractivity contribution < 1.29 is 4.79 Å². The van der Waals surface area contributed by atoms with Gasteiger partial charge in [0.2, 0.25) is 5.91 Å². The van der Waals surface area contributed by atoms with Crippen molar-refractivity contribution in [3.63, 3.8) is 0 Å². The number of amides is 1. The van der Waals surface area contributed by atoms with Gasteiger partial charge in [0.1, 0.15) is 0 Å². The first-order valence-electron chi connectivity index (χ1n) is 7.19. The zero-order valence-electron chi connectivity index (χ0n) is 11.9. The van der Waals surface area contributed by atoms with E-state index in [0.29, 0.717) is 17.6 Å². The van der Waals surface area contributed by atoms with Crippen LogP contribution < -0.4 is 10.6 Å². The summed E-state index contributed by atoms with van der Waals surface area (Å²) < 4.78 is 0. The quantitative estimate of drug-likeness (QED) is 0.847. The molecule has 0 spiro atoms. The predicted molar refractivity (Wildman–Crippen MR) is 83.2 cm³/mol. The maximum Gasteiger partial charge on any atom is 0.238 e. The van der Waals surface area contributed by atoms with Crippen LogP contribution in [0, 0.1) is 0 Å². The maximum absolute atomic E-state index is 11.8. The topological polar surface area (TPSA) is 44.4 Å². The third kappa shape index (κ3) is 4.47. The summed E-state index contributed by atoms with van der Waals surface area (Å²) in [5.41, 5.74) is 0.736. The molecular formula is C15H22ClN3O. The number of nitrogens with zero attached hydrogens (tertiary/aromatic N) is 1. The largest absolute Gasteiger partial charge is 0.325 e. The average Bonchev–Trinajstić information content (AvgIpc) is 2.86. The van der Waals surface area contributed by atoms with Gasteiger partial charge in [-0.1, -0.05) is 24.6 Å². The second-order valence-electron chi connectivity index (χ2n) is 5.11. The van der Waals surface area contributed by atoms with Crippen molar-refractivity contribution in [2.45, 2.75) is 25.8 Å². The molecule has 1 amide bonds.